The van der Waals surface area contributed by atoms with Crippen molar-refractivity contribution in [3.8, 4) is 5.69 Å². The average Bonchev–Trinajstić information content (AvgIpc) is 3.37. The number of rotatable bonds is 6. The largest absolute Gasteiger partial charge is 0.344 e. The van der Waals surface area contributed by atoms with E-state index in [9.17, 15) is 14.4 Å². The lowest BCUT2D eigenvalue weighted by Crippen LogP contribution is -2.48. The molecule has 0 spiro atoms. The van der Waals surface area contributed by atoms with Crippen LogP contribution in [0, 0.1) is 0 Å². The number of carbonyl (C=O) groups is 3. The van der Waals surface area contributed by atoms with Gasteiger partial charge in [0.05, 0.1) is 6.33 Å². The van der Waals surface area contributed by atoms with Crippen LogP contribution in [0.3, 0.4) is 0 Å². The number of aryl methyl sites for hydroxylation is 1. The summed E-state index contributed by atoms with van der Waals surface area (Å²) < 4.78 is 1.80. The number of hydrogen-bond acceptors (Lipinski definition) is 4. The molecule has 0 radical (unpaired) electrons. The molecular formula is C22H21N5O3. The second kappa shape index (κ2) is 7.82. The minimum absolute atomic E-state index is 0.331. The smallest absolute Gasteiger partial charge is 0.322 e. The predicted octanol–water partition coefficient (Wildman–Crippen LogP) is 2.46. The summed E-state index contributed by atoms with van der Waals surface area (Å²) >= 11 is 0. The Hall–Kier alpha value is -3.94. The molecule has 4 amide bonds. The van der Waals surface area contributed by atoms with Gasteiger partial charge in [-0.1, -0.05) is 30.3 Å². The Morgan fingerprint density at radius 3 is 2.50 bits per heavy atom. The summed E-state index contributed by atoms with van der Waals surface area (Å²) in [5.74, 6) is -1.02. The molecule has 1 atom stereocenters. The summed E-state index contributed by atoms with van der Waals surface area (Å²) in [6.07, 6.45) is 6.15. The van der Waals surface area contributed by atoms with Crippen LogP contribution in [0.4, 0.5) is 4.79 Å². The van der Waals surface area contributed by atoms with Gasteiger partial charge in [0.25, 0.3) is 11.8 Å². The van der Waals surface area contributed by atoms with E-state index in [1.54, 1.807) is 54.5 Å². The molecule has 4 rings (SSSR count). The Morgan fingerprint density at radius 1 is 1.10 bits per heavy atom. The first-order valence-corrected chi connectivity index (χ1v) is 9.56. The number of benzene rings is 2. The first kappa shape index (κ1) is 19.4. The van der Waals surface area contributed by atoms with E-state index in [4.69, 9.17) is 0 Å². The first-order valence-electron chi connectivity index (χ1n) is 9.56. The topological polar surface area (TPSA) is 96.3 Å². The zero-order chi connectivity index (χ0) is 21.1. The summed E-state index contributed by atoms with van der Waals surface area (Å²) in [7, 11) is 0. The molecule has 0 aliphatic carbocycles. The molecular weight excluding hydrogens is 382 g/mol. The van der Waals surface area contributed by atoms with Crippen LogP contribution >= 0.6 is 0 Å². The van der Waals surface area contributed by atoms with Gasteiger partial charge in [-0.05, 0) is 49.6 Å². The fourth-order valence-electron chi connectivity index (χ4n) is 3.36. The second-order valence-corrected chi connectivity index (χ2v) is 7.35. The lowest BCUT2D eigenvalue weighted by atomic mass is 9.93. The Kier molecular flexibility index (Phi) is 5.05. The van der Waals surface area contributed by atoms with Gasteiger partial charge in [0.2, 0.25) is 0 Å². The van der Waals surface area contributed by atoms with Gasteiger partial charge in [-0.25, -0.2) is 9.78 Å². The van der Waals surface area contributed by atoms with Gasteiger partial charge in [-0.2, -0.15) is 5.01 Å². The van der Waals surface area contributed by atoms with E-state index in [1.807, 2.05) is 30.3 Å². The van der Waals surface area contributed by atoms with Crippen molar-refractivity contribution in [2.45, 2.75) is 25.3 Å². The maximum absolute atomic E-state index is 12.9. The van der Waals surface area contributed by atoms with E-state index in [0.717, 1.165) is 16.3 Å². The number of nitrogens with one attached hydrogen (secondary N) is 2. The number of aromatic nitrogens is 2. The van der Waals surface area contributed by atoms with E-state index in [0.29, 0.717) is 18.4 Å². The van der Waals surface area contributed by atoms with Gasteiger partial charge in [0.1, 0.15) is 5.54 Å². The molecule has 2 N–H and O–H groups in total. The summed E-state index contributed by atoms with van der Waals surface area (Å²) in [5, 5.41) is 3.46. The van der Waals surface area contributed by atoms with Crippen LogP contribution in [0.1, 0.15) is 29.3 Å². The molecule has 2 aromatic carbocycles. The third kappa shape index (κ3) is 3.80. The molecule has 1 fully saturated rings. The molecule has 1 aromatic heterocycles. The van der Waals surface area contributed by atoms with Crippen LogP contribution in [-0.2, 0) is 11.2 Å². The quantitative estimate of drug-likeness (QED) is 0.618. The van der Waals surface area contributed by atoms with Gasteiger partial charge in [0.15, 0.2) is 0 Å². The highest BCUT2D eigenvalue weighted by atomic mass is 16.2. The molecule has 30 heavy (non-hydrogen) atoms. The fourth-order valence-corrected chi connectivity index (χ4v) is 3.36. The summed E-state index contributed by atoms with van der Waals surface area (Å²) in [5.41, 5.74) is 3.58. The number of hydrazine groups is 1. The molecule has 3 aromatic rings. The van der Waals surface area contributed by atoms with Crippen molar-refractivity contribution in [1.29, 1.82) is 0 Å². The first-order chi connectivity index (χ1) is 14.5. The number of amides is 4. The van der Waals surface area contributed by atoms with Crippen molar-refractivity contribution in [3.63, 3.8) is 0 Å². The van der Waals surface area contributed by atoms with Crippen LogP contribution < -0.4 is 10.7 Å². The zero-order valence-electron chi connectivity index (χ0n) is 16.4. The predicted molar refractivity (Wildman–Crippen MR) is 110 cm³/mol. The third-order valence-electron chi connectivity index (χ3n) is 5.16. The lowest BCUT2D eigenvalue weighted by Gasteiger charge is -2.21. The molecule has 2 heterocycles. The van der Waals surface area contributed by atoms with Crippen LogP contribution in [0.25, 0.3) is 5.69 Å². The Bertz CT molecular complexity index is 1060. The molecule has 8 nitrogen and oxygen atoms in total. The molecule has 152 valence electrons. The van der Waals surface area contributed by atoms with E-state index in [2.05, 4.69) is 15.7 Å². The van der Waals surface area contributed by atoms with Crippen LogP contribution in [0.5, 0.6) is 0 Å². The van der Waals surface area contributed by atoms with Gasteiger partial charge >= 0.3 is 6.03 Å². The standard InChI is InChI=1S/C22H21N5O3/c1-22(12-11-16-5-3-2-4-6-16)20(29)27(21(30)24-22)25-19(28)17-7-9-18(10-8-17)26-14-13-23-15-26/h2-10,13-15H,11-12H2,1H3,(H,24,30)(H,25,28)/t22-/m0/s1. The van der Waals surface area contributed by atoms with E-state index in [-0.39, 0.29) is 0 Å². The SMILES string of the molecule is C[C@@]1(CCc2ccccc2)NC(=O)N(NC(=O)c2ccc(-n3ccnc3)cc2)C1=O. The summed E-state index contributed by atoms with van der Waals surface area (Å²) in [6.45, 7) is 1.67. The Labute approximate surface area is 173 Å². The van der Waals surface area contributed by atoms with E-state index >= 15 is 0 Å². The maximum Gasteiger partial charge on any atom is 0.344 e. The molecule has 0 saturated carbocycles. The van der Waals surface area contributed by atoms with Gasteiger partial charge < -0.3 is 9.88 Å². The van der Waals surface area contributed by atoms with E-state index < -0.39 is 23.4 Å². The number of imidazole rings is 1. The molecule has 1 saturated heterocycles. The van der Waals surface area contributed by atoms with Crippen molar-refractivity contribution in [3.05, 3.63) is 84.4 Å². The molecule has 0 bridgehead atoms. The normalized spacial score (nSPS) is 18.4. The molecule has 0 unspecified atom stereocenters. The average molecular weight is 403 g/mol. The van der Waals surface area contributed by atoms with Crippen LogP contribution in [0.2, 0.25) is 0 Å². The summed E-state index contributed by atoms with van der Waals surface area (Å²) in [4.78, 5) is 41.8. The van der Waals surface area contributed by atoms with Crippen molar-refractivity contribution in [1.82, 2.24) is 25.3 Å². The summed E-state index contributed by atoms with van der Waals surface area (Å²) in [6, 6.07) is 15.8. The minimum atomic E-state index is -1.08. The Balaban J connectivity index is 1.42. The lowest BCUT2D eigenvalue weighted by molar-refractivity contribution is -0.132. The van der Waals surface area contributed by atoms with Crippen molar-refractivity contribution >= 4 is 17.8 Å². The maximum atomic E-state index is 12.9. The van der Waals surface area contributed by atoms with Crippen LogP contribution in [-0.4, -0.2) is 37.9 Å². The number of imide groups is 1. The monoisotopic (exact) mass is 403 g/mol. The second-order valence-electron chi connectivity index (χ2n) is 7.35. The highest BCUT2D eigenvalue weighted by Gasteiger charge is 2.48. The van der Waals surface area contributed by atoms with Gasteiger partial charge in [0, 0.05) is 23.6 Å². The van der Waals surface area contributed by atoms with Crippen molar-refractivity contribution < 1.29 is 14.4 Å². The molecule has 1 aliphatic heterocycles. The zero-order valence-corrected chi connectivity index (χ0v) is 16.4. The third-order valence-corrected chi connectivity index (χ3v) is 5.16. The minimum Gasteiger partial charge on any atom is -0.322 e. The van der Waals surface area contributed by atoms with Gasteiger partial charge in [-0.15, -0.1) is 0 Å². The number of urea groups is 1. The number of carbonyl (C=O) groups excluding carboxylic acids is 3. The number of hydrogen-bond donors (Lipinski definition) is 2. The van der Waals surface area contributed by atoms with Crippen molar-refractivity contribution in [2.75, 3.05) is 0 Å². The Morgan fingerprint density at radius 2 is 1.83 bits per heavy atom. The highest BCUT2D eigenvalue weighted by molar-refractivity contribution is 6.09. The van der Waals surface area contributed by atoms with Crippen molar-refractivity contribution in [2.24, 2.45) is 0 Å². The van der Waals surface area contributed by atoms with Crippen LogP contribution in [0.15, 0.2) is 73.3 Å². The number of nitrogens with zero attached hydrogens (tertiary/aromatic N) is 3. The molecule has 8 heteroatoms. The van der Waals surface area contributed by atoms with E-state index in [1.165, 1.54) is 0 Å². The highest BCUT2D eigenvalue weighted by Crippen LogP contribution is 2.22. The van der Waals surface area contributed by atoms with Gasteiger partial charge in [-0.3, -0.25) is 15.0 Å². The fraction of sp³-hybridized carbons (Fsp3) is 0.182. The molecule has 1 aliphatic rings.